The number of rotatable bonds is 3. The molecule has 1 aromatic rings. The molecule has 1 saturated carbocycles. The second-order valence-corrected chi connectivity index (χ2v) is 8.34. The van der Waals surface area contributed by atoms with Gasteiger partial charge in [0.2, 0.25) is 0 Å². The van der Waals surface area contributed by atoms with Crippen LogP contribution in [-0.4, -0.2) is 55.0 Å². The van der Waals surface area contributed by atoms with Crippen molar-refractivity contribution >= 4 is 57.2 Å². The van der Waals surface area contributed by atoms with Crippen LogP contribution in [0.5, 0.6) is 0 Å². The van der Waals surface area contributed by atoms with Crippen LogP contribution in [0.4, 0.5) is 0 Å². The zero-order valence-corrected chi connectivity index (χ0v) is 17.7. The minimum Gasteiger partial charge on any atom is -0.354 e. The quantitative estimate of drug-likeness (QED) is 0.393. The summed E-state index contributed by atoms with van der Waals surface area (Å²) in [7, 11) is 1.90. The van der Waals surface area contributed by atoms with Gasteiger partial charge in [0.15, 0.2) is 5.96 Å². The zero-order chi connectivity index (χ0) is 14.7. The van der Waals surface area contributed by atoms with Gasteiger partial charge in [-0.05, 0) is 47.3 Å². The van der Waals surface area contributed by atoms with Crippen molar-refractivity contribution in [2.24, 2.45) is 4.99 Å². The molecule has 0 unspecified atom stereocenters. The summed E-state index contributed by atoms with van der Waals surface area (Å²) in [6.45, 7) is 5.43. The first-order valence-electron chi connectivity index (χ1n) is 7.69. The molecule has 1 aromatic heterocycles. The van der Waals surface area contributed by atoms with Crippen LogP contribution in [0.3, 0.4) is 0 Å². The summed E-state index contributed by atoms with van der Waals surface area (Å²) in [5.41, 5.74) is 0. The molecule has 124 valence electrons. The molecule has 1 aliphatic heterocycles. The van der Waals surface area contributed by atoms with E-state index in [1.807, 2.05) is 18.4 Å². The first kappa shape index (κ1) is 18.5. The highest BCUT2D eigenvalue weighted by molar-refractivity contribution is 14.0. The van der Waals surface area contributed by atoms with Crippen LogP contribution in [0.2, 0.25) is 0 Å². The van der Waals surface area contributed by atoms with E-state index >= 15 is 0 Å². The maximum atomic E-state index is 4.45. The van der Waals surface area contributed by atoms with Crippen LogP contribution >= 0.6 is 51.2 Å². The summed E-state index contributed by atoms with van der Waals surface area (Å²) >= 11 is 5.38. The predicted octanol–water partition coefficient (Wildman–Crippen LogP) is 3.37. The Morgan fingerprint density at radius 2 is 2.05 bits per heavy atom. The van der Waals surface area contributed by atoms with E-state index in [1.54, 1.807) is 0 Å². The van der Waals surface area contributed by atoms with E-state index in [2.05, 4.69) is 48.2 Å². The number of hydrogen-bond acceptors (Lipinski definition) is 3. The Morgan fingerprint density at radius 1 is 1.32 bits per heavy atom. The summed E-state index contributed by atoms with van der Waals surface area (Å²) < 4.78 is 1.22. The average molecular weight is 499 g/mol. The van der Waals surface area contributed by atoms with Gasteiger partial charge in [-0.2, -0.15) is 0 Å². The molecule has 7 heteroatoms. The van der Waals surface area contributed by atoms with Crippen molar-refractivity contribution in [1.29, 1.82) is 0 Å². The summed E-state index contributed by atoms with van der Waals surface area (Å²) in [4.78, 5) is 10.8. The summed E-state index contributed by atoms with van der Waals surface area (Å²) in [6, 6.07) is 5.02. The molecule has 0 spiro atoms. The van der Waals surface area contributed by atoms with Gasteiger partial charge in [0.1, 0.15) is 0 Å². The van der Waals surface area contributed by atoms with Crippen molar-refractivity contribution in [3.8, 4) is 0 Å². The molecule has 4 nitrogen and oxygen atoms in total. The predicted molar refractivity (Wildman–Crippen MR) is 108 cm³/mol. The Labute approximate surface area is 162 Å². The topological polar surface area (TPSA) is 30.9 Å². The molecule has 1 aliphatic carbocycles. The minimum absolute atomic E-state index is 0. The fraction of sp³-hybridized carbons (Fsp3) is 0.667. The van der Waals surface area contributed by atoms with Crippen LogP contribution in [-0.2, 0) is 6.54 Å². The number of thiophene rings is 1. The van der Waals surface area contributed by atoms with Gasteiger partial charge in [0.05, 0.1) is 3.79 Å². The number of halogens is 2. The van der Waals surface area contributed by atoms with E-state index in [9.17, 15) is 0 Å². The third-order valence-corrected chi connectivity index (χ3v) is 5.94. The molecule has 2 heterocycles. The van der Waals surface area contributed by atoms with Crippen molar-refractivity contribution in [2.75, 3.05) is 33.2 Å². The van der Waals surface area contributed by atoms with Crippen LogP contribution in [0.15, 0.2) is 20.9 Å². The molecule has 1 saturated heterocycles. The van der Waals surface area contributed by atoms with Crippen molar-refractivity contribution in [3.05, 3.63) is 20.8 Å². The largest absolute Gasteiger partial charge is 0.354 e. The molecule has 0 radical (unpaired) electrons. The number of piperazine rings is 1. The summed E-state index contributed by atoms with van der Waals surface area (Å²) in [5.74, 6) is 1.10. The van der Waals surface area contributed by atoms with E-state index in [0.717, 1.165) is 38.7 Å². The van der Waals surface area contributed by atoms with Gasteiger partial charge < -0.3 is 10.2 Å². The normalized spacial score (nSPS) is 20.5. The zero-order valence-electron chi connectivity index (χ0n) is 12.9. The summed E-state index contributed by atoms with van der Waals surface area (Å²) in [5, 5.41) is 3.59. The number of nitrogens with one attached hydrogen (secondary N) is 1. The number of hydrogen-bond donors (Lipinski definition) is 1. The highest BCUT2D eigenvalue weighted by atomic mass is 127. The lowest BCUT2D eigenvalue weighted by atomic mass is 9.93. The molecular formula is C15H24BrIN4S. The fourth-order valence-electron chi connectivity index (χ4n) is 2.81. The molecular weight excluding hydrogens is 475 g/mol. The second-order valence-electron chi connectivity index (χ2n) is 5.79. The van der Waals surface area contributed by atoms with E-state index in [1.165, 1.54) is 27.9 Å². The Bertz CT molecular complexity index is 495. The van der Waals surface area contributed by atoms with E-state index in [0.29, 0.717) is 6.04 Å². The molecule has 3 rings (SSSR count). The number of nitrogens with zero attached hydrogens (tertiary/aromatic N) is 3. The van der Waals surface area contributed by atoms with Crippen molar-refractivity contribution in [3.63, 3.8) is 0 Å². The molecule has 0 aromatic carbocycles. The Kier molecular flexibility index (Phi) is 7.43. The van der Waals surface area contributed by atoms with Gasteiger partial charge in [-0.1, -0.05) is 0 Å². The number of guanidine groups is 1. The first-order chi connectivity index (χ1) is 10.2. The average Bonchev–Trinajstić information content (AvgIpc) is 2.85. The Morgan fingerprint density at radius 3 is 2.55 bits per heavy atom. The number of aliphatic imine (C=N–C) groups is 1. The molecule has 0 amide bonds. The van der Waals surface area contributed by atoms with Crippen LogP contribution < -0.4 is 5.32 Å². The molecule has 0 bridgehead atoms. The van der Waals surface area contributed by atoms with Crippen LogP contribution in [0, 0.1) is 0 Å². The second kappa shape index (κ2) is 8.84. The lowest BCUT2D eigenvalue weighted by molar-refractivity contribution is 0.171. The summed E-state index contributed by atoms with van der Waals surface area (Å²) in [6.07, 6.45) is 3.96. The first-order valence-corrected chi connectivity index (χ1v) is 9.30. The fourth-order valence-corrected chi connectivity index (χ4v) is 4.33. The van der Waals surface area contributed by atoms with Gasteiger partial charge in [-0.25, -0.2) is 0 Å². The maximum absolute atomic E-state index is 4.45. The molecule has 2 fully saturated rings. The third kappa shape index (κ3) is 4.82. The molecule has 0 atom stereocenters. The minimum atomic E-state index is 0. The van der Waals surface area contributed by atoms with Crippen molar-refractivity contribution < 1.29 is 0 Å². The van der Waals surface area contributed by atoms with Gasteiger partial charge >= 0.3 is 0 Å². The van der Waals surface area contributed by atoms with Gasteiger partial charge in [0, 0.05) is 50.7 Å². The standard InChI is InChI=1S/C15H23BrN4S.HI/c1-17-15(18-12-3-2-4-12)20-9-7-19(8-10-20)11-13-5-6-14(16)21-13;/h5-6,12H,2-4,7-11H2,1H3,(H,17,18);1H. The van der Waals surface area contributed by atoms with E-state index in [4.69, 9.17) is 0 Å². The molecule has 1 N–H and O–H groups in total. The SMILES string of the molecule is CN=C(NC1CCC1)N1CCN(Cc2ccc(Br)s2)CC1.I. The third-order valence-electron chi connectivity index (χ3n) is 4.33. The van der Waals surface area contributed by atoms with Crippen molar-refractivity contribution in [1.82, 2.24) is 15.1 Å². The monoisotopic (exact) mass is 498 g/mol. The van der Waals surface area contributed by atoms with E-state index in [-0.39, 0.29) is 24.0 Å². The van der Waals surface area contributed by atoms with E-state index < -0.39 is 0 Å². The lowest BCUT2D eigenvalue weighted by Gasteiger charge is -2.38. The van der Waals surface area contributed by atoms with Crippen molar-refractivity contribution in [2.45, 2.75) is 31.8 Å². The van der Waals surface area contributed by atoms with Crippen LogP contribution in [0.1, 0.15) is 24.1 Å². The van der Waals surface area contributed by atoms with Crippen LogP contribution in [0.25, 0.3) is 0 Å². The maximum Gasteiger partial charge on any atom is 0.193 e. The molecule has 22 heavy (non-hydrogen) atoms. The van der Waals surface area contributed by atoms with Gasteiger partial charge in [-0.15, -0.1) is 35.3 Å². The Balaban J connectivity index is 0.00000176. The lowest BCUT2D eigenvalue weighted by Crippen LogP contribution is -2.54. The molecule has 2 aliphatic rings. The Hall–Kier alpha value is 0.140. The van der Waals surface area contributed by atoms with Gasteiger partial charge in [-0.3, -0.25) is 9.89 Å². The highest BCUT2D eigenvalue weighted by Gasteiger charge is 2.24. The highest BCUT2D eigenvalue weighted by Crippen LogP contribution is 2.23. The van der Waals surface area contributed by atoms with Gasteiger partial charge in [0.25, 0.3) is 0 Å². The smallest absolute Gasteiger partial charge is 0.193 e.